The molecule has 0 fully saturated rings. The summed E-state index contributed by atoms with van der Waals surface area (Å²) in [6.45, 7) is 0. The number of nitrogens with zero attached hydrogens (tertiary/aromatic N) is 1. The van der Waals surface area contributed by atoms with E-state index in [2.05, 4.69) is 16.5 Å². The van der Waals surface area contributed by atoms with Crippen molar-refractivity contribution in [1.82, 2.24) is 0 Å². The predicted molar refractivity (Wildman–Crippen MR) is 62.1 cm³/mol. The third-order valence-electron chi connectivity index (χ3n) is 1.73. The molecule has 0 unspecified atom stereocenters. The molecule has 0 bridgehead atoms. The van der Waals surface area contributed by atoms with Crippen LogP contribution < -0.4 is 10.6 Å². The number of halogens is 3. The molecule has 18 heavy (non-hydrogen) atoms. The van der Waals surface area contributed by atoms with E-state index in [1.165, 1.54) is 5.22 Å². The highest BCUT2D eigenvalue weighted by Gasteiger charge is 2.38. The highest BCUT2D eigenvalue weighted by Crippen LogP contribution is 2.13. The van der Waals surface area contributed by atoms with Gasteiger partial charge in [0.15, 0.2) is 0 Å². The van der Waals surface area contributed by atoms with Crippen molar-refractivity contribution in [2.45, 2.75) is 6.18 Å². The Hall–Kier alpha value is -1.76. The van der Waals surface area contributed by atoms with Gasteiger partial charge in [0.25, 0.3) is 0 Å². The zero-order chi connectivity index (χ0) is 13.6. The number of carboxylic acids is 1. The van der Waals surface area contributed by atoms with Crippen molar-refractivity contribution in [3.63, 3.8) is 0 Å². The number of benzene rings is 1. The van der Waals surface area contributed by atoms with Crippen LogP contribution >= 0.6 is 11.8 Å². The number of hydrogen-bond donors (Lipinski definition) is 1. The molecule has 1 N–H and O–H groups in total. The fourth-order valence-corrected chi connectivity index (χ4v) is 1.52. The van der Waals surface area contributed by atoms with Gasteiger partial charge < -0.3 is 5.11 Å². The lowest BCUT2D eigenvalue weighted by atomic mass is 10.3. The summed E-state index contributed by atoms with van der Waals surface area (Å²) >= 11 is 1.66. The van der Waals surface area contributed by atoms with Crippen LogP contribution in [-0.2, 0) is 4.79 Å². The summed E-state index contributed by atoms with van der Waals surface area (Å²) < 4.78 is 31.7. The molecule has 7 heteroatoms. The van der Waals surface area contributed by atoms with Crippen molar-refractivity contribution >= 4 is 23.1 Å². The quantitative estimate of drug-likeness (QED) is 0.786. The molecule has 1 aromatic carbocycles. The van der Waals surface area contributed by atoms with Gasteiger partial charge in [-0.15, -0.1) is 11.8 Å². The Morgan fingerprint density at radius 3 is 2.50 bits per heavy atom. The molecule has 0 spiro atoms. The molecule has 0 saturated carbocycles. The first-order valence-electron chi connectivity index (χ1n) is 4.65. The summed E-state index contributed by atoms with van der Waals surface area (Å²) in [4.78, 5) is 13.1. The molecular weight excluding hydrogens is 267 g/mol. The van der Waals surface area contributed by atoms with Crippen LogP contribution in [0.2, 0.25) is 0 Å². The second-order valence-corrected chi connectivity index (χ2v) is 3.81. The van der Waals surface area contributed by atoms with E-state index in [0.717, 1.165) is 5.36 Å². The van der Waals surface area contributed by atoms with Crippen LogP contribution in [0.5, 0.6) is 0 Å². The van der Waals surface area contributed by atoms with E-state index in [9.17, 15) is 13.2 Å². The Kier molecular flexibility index (Phi) is 4.96. The average Bonchev–Trinajstić information content (AvgIpc) is 2.53. The first-order chi connectivity index (χ1) is 8.41. The number of thioether (sulfide) groups is 1. The molecular formula is C11H8F3NO2S. The second-order valence-electron chi connectivity index (χ2n) is 3.03. The Morgan fingerprint density at radius 2 is 1.89 bits per heavy atom. The van der Waals surface area contributed by atoms with E-state index in [1.807, 2.05) is 29.8 Å². The third kappa shape index (κ3) is 4.62. The zero-order valence-electron chi connectivity index (χ0n) is 8.89. The highest BCUT2D eigenvalue weighted by atomic mass is 32.2. The van der Waals surface area contributed by atoms with E-state index in [4.69, 9.17) is 9.90 Å². The van der Waals surface area contributed by atoms with Gasteiger partial charge in [-0.3, -0.25) is 4.99 Å². The number of alkyl halides is 3. The molecule has 1 aliphatic heterocycles. The molecule has 0 radical (unpaired) electrons. The molecule has 3 nitrogen and oxygen atoms in total. The molecule has 0 aliphatic carbocycles. The maximum absolute atomic E-state index is 10.6. The number of aliphatic carboxylic acids is 1. The van der Waals surface area contributed by atoms with Crippen LogP contribution in [0.1, 0.15) is 0 Å². The van der Waals surface area contributed by atoms with E-state index in [1.54, 1.807) is 11.8 Å². The molecule has 1 aromatic rings. The van der Waals surface area contributed by atoms with Gasteiger partial charge in [-0.05, 0) is 16.9 Å². The number of carboxylic acid groups (broad SMARTS) is 1. The van der Waals surface area contributed by atoms with Gasteiger partial charge in [-0.2, -0.15) is 13.2 Å². The SMILES string of the molecule is C1=CSC=c2ccccc2=N1.O=C(O)C(F)(F)F. The van der Waals surface area contributed by atoms with Gasteiger partial charge in [0.1, 0.15) is 0 Å². The van der Waals surface area contributed by atoms with E-state index in [-0.39, 0.29) is 0 Å². The summed E-state index contributed by atoms with van der Waals surface area (Å²) in [5.41, 5.74) is 0. The summed E-state index contributed by atoms with van der Waals surface area (Å²) in [5, 5.41) is 13.4. The maximum atomic E-state index is 10.6. The van der Waals surface area contributed by atoms with Gasteiger partial charge in [-0.1, -0.05) is 18.2 Å². The monoisotopic (exact) mass is 275 g/mol. The van der Waals surface area contributed by atoms with E-state index in [0.29, 0.717) is 0 Å². The standard InChI is InChI=1S/C9H7NS.C2HF3O2/c1-2-4-9-8(3-1)7-11-6-5-10-9;3-2(4,5)1(6)7/h1-7H;(H,6,7). The molecule has 1 aliphatic rings. The summed E-state index contributed by atoms with van der Waals surface area (Å²) in [6.07, 6.45) is -3.26. The molecule has 0 saturated heterocycles. The predicted octanol–water partition coefficient (Wildman–Crippen LogP) is 1.90. The Balaban J connectivity index is 0.000000203. The first kappa shape index (κ1) is 14.3. The molecule has 0 atom stereocenters. The average molecular weight is 275 g/mol. The molecule has 1 heterocycles. The van der Waals surface area contributed by atoms with Gasteiger partial charge in [0, 0.05) is 11.4 Å². The Labute approximate surface area is 104 Å². The number of fused-ring (bicyclic) bond motifs is 1. The zero-order valence-corrected chi connectivity index (χ0v) is 9.70. The largest absolute Gasteiger partial charge is 0.490 e. The van der Waals surface area contributed by atoms with Crippen molar-refractivity contribution in [3.05, 3.63) is 46.4 Å². The topological polar surface area (TPSA) is 49.7 Å². The van der Waals surface area contributed by atoms with Crippen LogP contribution in [0.3, 0.4) is 0 Å². The van der Waals surface area contributed by atoms with Crippen LogP contribution in [0.4, 0.5) is 13.2 Å². The lowest BCUT2D eigenvalue weighted by Gasteiger charge is -1.93. The van der Waals surface area contributed by atoms with Crippen molar-refractivity contribution in [3.8, 4) is 0 Å². The van der Waals surface area contributed by atoms with Gasteiger partial charge in [0.2, 0.25) is 0 Å². The van der Waals surface area contributed by atoms with E-state index < -0.39 is 12.1 Å². The minimum absolute atomic E-state index is 1.05. The maximum Gasteiger partial charge on any atom is 0.490 e. The Bertz CT molecular complexity index is 566. The van der Waals surface area contributed by atoms with Crippen LogP contribution in [0, 0.1) is 0 Å². The van der Waals surface area contributed by atoms with Gasteiger partial charge in [-0.25, -0.2) is 4.79 Å². The smallest absolute Gasteiger partial charge is 0.475 e. The van der Waals surface area contributed by atoms with Gasteiger partial charge in [0.05, 0.1) is 5.36 Å². The van der Waals surface area contributed by atoms with Crippen molar-refractivity contribution in [2.75, 3.05) is 0 Å². The van der Waals surface area contributed by atoms with Crippen LogP contribution in [0.15, 0.2) is 40.9 Å². The van der Waals surface area contributed by atoms with Crippen molar-refractivity contribution in [2.24, 2.45) is 4.99 Å². The minimum atomic E-state index is -5.08. The van der Waals surface area contributed by atoms with Crippen molar-refractivity contribution in [1.29, 1.82) is 0 Å². The van der Waals surface area contributed by atoms with Gasteiger partial charge >= 0.3 is 12.1 Å². The molecule has 0 aromatic heterocycles. The van der Waals surface area contributed by atoms with Crippen LogP contribution in [-0.4, -0.2) is 17.3 Å². The number of hydrogen-bond acceptors (Lipinski definition) is 3. The fraction of sp³-hybridized carbons (Fsp3) is 0.0909. The summed E-state index contributed by atoms with van der Waals surface area (Å²) in [5.74, 6) is -2.76. The Morgan fingerprint density at radius 1 is 1.28 bits per heavy atom. The summed E-state index contributed by atoms with van der Waals surface area (Å²) in [7, 11) is 0. The fourth-order valence-electron chi connectivity index (χ4n) is 0.963. The molecule has 0 amide bonds. The first-order valence-corrected chi connectivity index (χ1v) is 5.59. The normalized spacial score (nSPS) is 13.1. The second kappa shape index (κ2) is 6.25. The van der Waals surface area contributed by atoms with Crippen LogP contribution in [0.25, 0.3) is 5.41 Å². The number of carbonyl (C=O) groups is 1. The number of para-hydroxylation sites is 1. The summed E-state index contributed by atoms with van der Waals surface area (Å²) in [6, 6.07) is 8.11. The molecule has 96 valence electrons. The molecule has 2 rings (SSSR count). The lowest BCUT2D eigenvalue weighted by molar-refractivity contribution is -0.192. The van der Waals surface area contributed by atoms with E-state index >= 15 is 0 Å². The highest BCUT2D eigenvalue weighted by molar-refractivity contribution is 8.09. The number of rotatable bonds is 0. The van der Waals surface area contributed by atoms with Crippen molar-refractivity contribution < 1.29 is 23.1 Å². The lowest BCUT2D eigenvalue weighted by Crippen LogP contribution is -2.22. The minimum Gasteiger partial charge on any atom is -0.475 e. The third-order valence-corrected chi connectivity index (χ3v) is 2.40.